The van der Waals surface area contributed by atoms with Crippen molar-refractivity contribution in [2.24, 2.45) is 0 Å². The van der Waals surface area contributed by atoms with Crippen LogP contribution in [0.4, 0.5) is 0 Å². The molecule has 7 heteroatoms. The predicted octanol–water partition coefficient (Wildman–Crippen LogP) is 2.45. The number of aliphatic hydroxyl groups excluding tert-OH is 1. The molecule has 0 aliphatic carbocycles. The molecule has 4 rings (SSSR count). The lowest BCUT2D eigenvalue weighted by Gasteiger charge is -2.11. The number of hydrogen-bond donors (Lipinski definition) is 2. The van der Waals surface area contributed by atoms with Gasteiger partial charge in [-0.2, -0.15) is 24.8 Å². The van der Waals surface area contributed by atoms with Crippen molar-refractivity contribution in [2.75, 3.05) is 0 Å². The minimum atomic E-state index is -0.293. The summed E-state index contributed by atoms with van der Waals surface area (Å²) in [7, 11) is 0. The number of nitrogens with zero attached hydrogens (tertiary/aromatic N) is 5. The average Bonchev–Trinajstić information content (AvgIpc) is 3.17. The Labute approximate surface area is 154 Å². The molecule has 132 valence electrons. The molecule has 2 N–H and O–H groups in total. The van der Waals surface area contributed by atoms with E-state index in [1.165, 1.54) is 10.8 Å². The van der Waals surface area contributed by atoms with E-state index in [0.29, 0.717) is 23.2 Å². The molecule has 27 heavy (non-hydrogen) atoms. The highest BCUT2D eigenvalue weighted by molar-refractivity contribution is 5.70. The van der Waals surface area contributed by atoms with Crippen LogP contribution in [-0.4, -0.2) is 29.8 Å². The minimum absolute atomic E-state index is 0.168. The van der Waals surface area contributed by atoms with Gasteiger partial charge in [-0.15, -0.1) is 0 Å². The lowest BCUT2D eigenvalue weighted by molar-refractivity contribution is 0.270. The first-order valence-electron chi connectivity index (χ1n) is 8.31. The Hall–Kier alpha value is -3.76. The second kappa shape index (κ2) is 6.86. The summed E-state index contributed by atoms with van der Waals surface area (Å²) in [5, 5.41) is 33.3. The minimum Gasteiger partial charge on any atom is -0.493 e. The first-order chi connectivity index (χ1) is 13.2. The summed E-state index contributed by atoms with van der Waals surface area (Å²) in [4.78, 5) is 7.97. The average molecular weight is 357 g/mol. The maximum atomic E-state index is 10.3. The molecule has 2 aromatic heterocycles. The van der Waals surface area contributed by atoms with Gasteiger partial charge in [0.2, 0.25) is 5.88 Å². The second-order valence-electron chi connectivity index (χ2n) is 6.02. The Balaban J connectivity index is 1.69. The normalized spacial score (nSPS) is 10.8. The topological polar surface area (TPSA) is 107 Å². The summed E-state index contributed by atoms with van der Waals surface area (Å²) in [5.41, 5.74) is 4.31. The summed E-state index contributed by atoms with van der Waals surface area (Å²) < 4.78 is 1.42. The van der Waals surface area contributed by atoms with Crippen LogP contribution in [0.2, 0.25) is 0 Å². The second-order valence-corrected chi connectivity index (χ2v) is 6.02. The molecule has 0 spiro atoms. The molecule has 0 saturated carbocycles. The molecule has 0 atom stereocenters. The summed E-state index contributed by atoms with van der Waals surface area (Å²) >= 11 is 0. The Morgan fingerprint density at radius 3 is 2.59 bits per heavy atom. The monoisotopic (exact) mass is 357 g/mol. The van der Waals surface area contributed by atoms with Crippen LogP contribution in [0.15, 0.2) is 54.9 Å². The zero-order valence-electron chi connectivity index (χ0n) is 14.2. The van der Waals surface area contributed by atoms with E-state index in [1.807, 2.05) is 42.5 Å². The highest BCUT2D eigenvalue weighted by atomic mass is 16.3. The van der Waals surface area contributed by atoms with Crippen LogP contribution in [0.1, 0.15) is 22.4 Å². The highest BCUT2D eigenvalue weighted by Gasteiger charge is 2.16. The number of fused-ring (bicyclic) bond motifs is 1. The number of aliphatic hydroxyl groups is 1. The molecule has 7 nitrogen and oxygen atoms in total. The van der Waals surface area contributed by atoms with E-state index < -0.39 is 0 Å². The lowest BCUT2D eigenvalue weighted by atomic mass is 9.97. The van der Waals surface area contributed by atoms with Crippen molar-refractivity contribution in [1.29, 1.82) is 5.26 Å². The number of aromatic hydroxyl groups is 1. The molecule has 4 aromatic rings. The van der Waals surface area contributed by atoms with Gasteiger partial charge in [-0.05, 0) is 22.8 Å². The standard InChI is InChI=1S/C20H15N5O2/c21-10-15-3-1-2-4-16(15)14-7-5-13(6-8-14)9-17-18(11-26)25-20(22-12-23-25)24-19(17)27/h1-8,12,26H,9,11H2,(H,22,23,24,27). The third kappa shape index (κ3) is 2.99. The Morgan fingerprint density at radius 2 is 1.85 bits per heavy atom. The van der Waals surface area contributed by atoms with E-state index in [0.717, 1.165) is 16.7 Å². The summed E-state index contributed by atoms with van der Waals surface area (Å²) in [6.45, 7) is -0.293. The number of rotatable bonds is 4. The smallest absolute Gasteiger partial charge is 0.255 e. The van der Waals surface area contributed by atoms with E-state index in [2.05, 4.69) is 21.1 Å². The van der Waals surface area contributed by atoms with E-state index in [-0.39, 0.29) is 18.3 Å². The molecule has 0 amide bonds. The van der Waals surface area contributed by atoms with Gasteiger partial charge in [0.05, 0.1) is 23.9 Å². The Kier molecular flexibility index (Phi) is 4.24. The zero-order valence-corrected chi connectivity index (χ0v) is 14.2. The number of hydrogen-bond acceptors (Lipinski definition) is 6. The SMILES string of the molecule is N#Cc1ccccc1-c1ccc(Cc2c(O)nc3ncnn3c2CO)cc1. The molecular formula is C20H15N5O2. The van der Waals surface area contributed by atoms with Crippen LogP contribution in [0.5, 0.6) is 5.88 Å². The van der Waals surface area contributed by atoms with Crippen molar-refractivity contribution >= 4 is 5.78 Å². The van der Waals surface area contributed by atoms with Gasteiger partial charge in [0.25, 0.3) is 5.78 Å². The maximum Gasteiger partial charge on any atom is 0.255 e. The predicted molar refractivity (Wildman–Crippen MR) is 97.8 cm³/mol. The van der Waals surface area contributed by atoms with Gasteiger partial charge < -0.3 is 10.2 Å². The van der Waals surface area contributed by atoms with E-state index >= 15 is 0 Å². The van der Waals surface area contributed by atoms with Crippen LogP contribution in [0.25, 0.3) is 16.9 Å². The number of aromatic nitrogens is 4. The molecule has 0 aliphatic rings. The van der Waals surface area contributed by atoms with Crippen molar-refractivity contribution in [3.63, 3.8) is 0 Å². The van der Waals surface area contributed by atoms with Crippen molar-refractivity contribution in [2.45, 2.75) is 13.0 Å². The summed E-state index contributed by atoms with van der Waals surface area (Å²) in [5.74, 6) is 0.0715. The molecule has 0 bridgehead atoms. The largest absolute Gasteiger partial charge is 0.493 e. The molecular weight excluding hydrogens is 342 g/mol. The summed E-state index contributed by atoms with van der Waals surface area (Å²) in [6.07, 6.45) is 1.71. The van der Waals surface area contributed by atoms with Crippen LogP contribution in [0, 0.1) is 11.3 Å². The molecule has 0 unspecified atom stereocenters. The van der Waals surface area contributed by atoms with Crippen molar-refractivity contribution in [3.05, 3.63) is 77.2 Å². The lowest BCUT2D eigenvalue weighted by Crippen LogP contribution is -2.07. The van der Waals surface area contributed by atoms with E-state index in [9.17, 15) is 15.5 Å². The quantitative estimate of drug-likeness (QED) is 0.581. The van der Waals surface area contributed by atoms with Gasteiger partial charge in [0, 0.05) is 12.0 Å². The van der Waals surface area contributed by atoms with Crippen LogP contribution >= 0.6 is 0 Å². The van der Waals surface area contributed by atoms with Gasteiger partial charge in [-0.25, -0.2) is 0 Å². The van der Waals surface area contributed by atoms with Gasteiger partial charge >= 0.3 is 0 Å². The Bertz CT molecular complexity index is 1160. The van der Waals surface area contributed by atoms with E-state index in [4.69, 9.17) is 0 Å². The van der Waals surface area contributed by atoms with Crippen LogP contribution in [0.3, 0.4) is 0 Å². The fourth-order valence-electron chi connectivity index (χ4n) is 3.10. The van der Waals surface area contributed by atoms with Gasteiger partial charge in [-0.3, -0.25) is 0 Å². The maximum absolute atomic E-state index is 10.3. The number of nitriles is 1. The van der Waals surface area contributed by atoms with Crippen molar-refractivity contribution < 1.29 is 10.2 Å². The van der Waals surface area contributed by atoms with Gasteiger partial charge in [0.1, 0.15) is 6.33 Å². The van der Waals surface area contributed by atoms with E-state index in [1.54, 1.807) is 6.07 Å². The van der Waals surface area contributed by atoms with Crippen molar-refractivity contribution in [3.8, 4) is 23.1 Å². The zero-order chi connectivity index (χ0) is 18.8. The third-order valence-corrected chi connectivity index (χ3v) is 4.45. The van der Waals surface area contributed by atoms with Crippen LogP contribution in [-0.2, 0) is 13.0 Å². The van der Waals surface area contributed by atoms with Crippen molar-refractivity contribution in [1.82, 2.24) is 19.6 Å². The number of benzene rings is 2. The molecule has 0 aliphatic heterocycles. The fraction of sp³-hybridized carbons (Fsp3) is 0.100. The first-order valence-corrected chi connectivity index (χ1v) is 8.31. The molecule has 0 fully saturated rings. The third-order valence-electron chi connectivity index (χ3n) is 4.45. The fourth-order valence-corrected chi connectivity index (χ4v) is 3.10. The van der Waals surface area contributed by atoms with Gasteiger partial charge in [-0.1, -0.05) is 42.5 Å². The molecule has 2 aromatic carbocycles. The molecule has 0 radical (unpaired) electrons. The van der Waals surface area contributed by atoms with Gasteiger partial charge in [0.15, 0.2) is 0 Å². The molecule has 2 heterocycles. The molecule has 0 saturated heterocycles. The van der Waals surface area contributed by atoms with Crippen LogP contribution < -0.4 is 0 Å². The Morgan fingerprint density at radius 1 is 1.07 bits per heavy atom. The summed E-state index contributed by atoms with van der Waals surface area (Å²) in [6, 6.07) is 17.3. The highest BCUT2D eigenvalue weighted by Crippen LogP contribution is 2.26. The first kappa shape index (κ1) is 16.7.